The number of benzene rings is 1. The van der Waals surface area contributed by atoms with E-state index >= 15 is 0 Å². The lowest BCUT2D eigenvalue weighted by Crippen LogP contribution is -2.30. The normalized spacial score (nSPS) is 10.0. The number of methoxy groups -OCH3 is 1. The molecule has 106 valence electrons. The van der Waals surface area contributed by atoms with Crippen LogP contribution in [0.15, 0.2) is 24.3 Å². The van der Waals surface area contributed by atoms with Crippen LogP contribution < -0.4 is 14.8 Å². The Hall–Kier alpha value is -1.75. The fourth-order valence-corrected chi connectivity index (χ4v) is 1.48. The van der Waals surface area contributed by atoms with Gasteiger partial charge in [0.25, 0.3) is 5.91 Å². The standard InChI is InChI=1S/C14H21NO4/c1-3-18-10-6-9-15-14(16)11-19-13-8-5-4-7-12(13)17-2/h4-5,7-8H,3,6,9-11H2,1-2H3,(H,15,16). The molecule has 0 unspecified atom stereocenters. The molecule has 0 bridgehead atoms. The zero-order valence-electron chi connectivity index (χ0n) is 11.5. The summed E-state index contributed by atoms with van der Waals surface area (Å²) >= 11 is 0. The maximum Gasteiger partial charge on any atom is 0.257 e. The van der Waals surface area contributed by atoms with Crippen molar-refractivity contribution in [3.8, 4) is 11.5 Å². The van der Waals surface area contributed by atoms with Crippen LogP contribution in [0.25, 0.3) is 0 Å². The van der Waals surface area contributed by atoms with Gasteiger partial charge in [0.1, 0.15) is 0 Å². The molecule has 0 saturated carbocycles. The molecule has 1 aromatic rings. The Balaban J connectivity index is 2.22. The summed E-state index contributed by atoms with van der Waals surface area (Å²) in [7, 11) is 1.57. The fraction of sp³-hybridized carbons (Fsp3) is 0.500. The summed E-state index contributed by atoms with van der Waals surface area (Å²) in [6.45, 7) is 3.87. The summed E-state index contributed by atoms with van der Waals surface area (Å²) in [5, 5.41) is 2.76. The Bertz CT molecular complexity index is 381. The van der Waals surface area contributed by atoms with Gasteiger partial charge in [-0.05, 0) is 25.5 Å². The Morgan fingerprint density at radius 1 is 1.26 bits per heavy atom. The van der Waals surface area contributed by atoms with Crippen molar-refractivity contribution in [2.45, 2.75) is 13.3 Å². The highest BCUT2D eigenvalue weighted by Crippen LogP contribution is 2.25. The van der Waals surface area contributed by atoms with Crippen LogP contribution in [0.1, 0.15) is 13.3 Å². The highest BCUT2D eigenvalue weighted by atomic mass is 16.5. The first-order valence-corrected chi connectivity index (χ1v) is 6.38. The zero-order chi connectivity index (χ0) is 13.9. The molecule has 1 amide bonds. The number of rotatable bonds is 9. The zero-order valence-corrected chi connectivity index (χ0v) is 11.5. The Labute approximate surface area is 113 Å². The van der Waals surface area contributed by atoms with Crippen LogP contribution in [0, 0.1) is 0 Å². The fourth-order valence-electron chi connectivity index (χ4n) is 1.48. The number of para-hydroxylation sites is 2. The third kappa shape index (κ3) is 6.10. The predicted molar refractivity (Wildman–Crippen MR) is 72.6 cm³/mol. The quantitative estimate of drug-likeness (QED) is 0.691. The minimum Gasteiger partial charge on any atom is -0.493 e. The first-order chi connectivity index (χ1) is 9.27. The van der Waals surface area contributed by atoms with Gasteiger partial charge in [-0.3, -0.25) is 4.79 Å². The van der Waals surface area contributed by atoms with Crippen LogP contribution in [0.4, 0.5) is 0 Å². The van der Waals surface area contributed by atoms with Crippen molar-refractivity contribution in [2.75, 3.05) is 33.5 Å². The van der Waals surface area contributed by atoms with Crippen LogP contribution in [0.3, 0.4) is 0 Å². The number of hydrogen-bond acceptors (Lipinski definition) is 4. The first-order valence-electron chi connectivity index (χ1n) is 6.38. The molecule has 0 radical (unpaired) electrons. The highest BCUT2D eigenvalue weighted by Gasteiger charge is 2.06. The van der Waals surface area contributed by atoms with Gasteiger partial charge in [0.05, 0.1) is 7.11 Å². The molecule has 1 rings (SSSR count). The summed E-state index contributed by atoms with van der Waals surface area (Å²) < 4.78 is 15.7. The average molecular weight is 267 g/mol. The molecule has 1 N–H and O–H groups in total. The van der Waals surface area contributed by atoms with Crippen LogP contribution >= 0.6 is 0 Å². The summed E-state index contributed by atoms with van der Waals surface area (Å²) in [6, 6.07) is 7.23. The van der Waals surface area contributed by atoms with Crippen molar-refractivity contribution in [3.05, 3.63) is 24.3 Å². The predicted octanol–water partition coefficient (Wildman–Crippen LogP) is 1.62. The lowest BCUT2D eigenvalue weighted by Gasteiger charge is -2.10. The minimum absolute atomic E-state index is 0.0188. The van der Waals surface area contributed by atoms with Gasteiger partial charge in [-0.15, -0.1) is 0 Å². The van der Waals surface area contributed by atoms with Crippen LogP contribution in [0.2, 0.25) is 0 Å². The Kier molecular flexibility index (Phi) is 7.43. The van der Waals surface area contributed by atoms with E-state index in [4.69, 9.17) is 14.2 Å². The van der Waals surface area contributed by atoms with Gasteiger partial charge in [0.2, 0.25) is 0 Å². The number of carbonyl (C=O) groups excluding carboxylic acids is 1. The second-order valence-electron chi connectivity index (χ2n) is 3.84. The van der Waals surface area contributed by atoms with Gasteiger partial charge in [-0.25, -0.2) is 0 Å². The third-order valence-electron chi connectivity index (χ3n) is 2.42. The van der Waals surface area contributed by atoms with E-state index in [-0.39, 0.29) is 12.5 Å². The number of amides is 1. The van der Waals surface area contributed by atoms with E-state index in [1.54, 1.807) is 19.2 Å². The van der Waals surface area contributed by atoms with E-state index in [2.05, 4.69) is 5.32 Å². The molecule has 0 fully saturated rings. The van der Waals surface area contributed by atoms with Crippen LogP contribution in [0.5, 0.6) is 11.5 Å². The van der Waals surface area contributed by atoms with Crippen molar-refractivity contribution in [2.24, 2.45) is 0 Å². The maximum absolute atomic E-state index is 11.5. The van der Waals surface area contributed by atoms with Crippen molar-refractivity contribution in [3.63, 3.8) is 0 Å². The number of hydrogen-bond donors (Lipinski definition) is 1. The van der Waals surface area contributed by atoms with E-state index in [9.17, 15) is 4.79 Å². The molecule has 0 atom stereocenters. The SMILES string of the molecule is CCOCCCNC(=O)COc1ccccc1OC. The molecule has 1 aromatic carbocycles. The number of nitrogens with one attached hydrogen (secondary N) is 1. The Morgan fingerprint density at radius 3 is 2.68 bits per heavy atom. The topological polar surface area (TPSA) is 56.8 Å². The van der Waals surface area contributed by atoms with Gasteiger partial charge in [0.15, 0.2) is 18.1 Å². The van der Waals surface area contributed by atoms with E-state index in [0.29, 0.717) is 31.3 Å². The van der Waals surface area contributed by atoms with Gasteiger partial charge >= 0.3 is 0 Å². The lowest BCUT2D eigenvalue weighted by atomic mass is 10.3. The van der Waals surface area contributed by atoms with Gasteiger partial charge < -0.3 is 19.5 Å². The lowest BCUT2D eigenvalue weighted by molar-refractivity contribution is -0.123. The minimum atomic E-state index is -0.151. The molecule has 0 aliphatic rings. The molecule has 0 saturated heterocycles. The molecular formula is C14H21NO4. The highest BCUT2D eigenvalue weighted by molar-refractivity contribution is 5.77. The maximum atomic E-state index is 11.5. The summed E-state index contributed by atoms with van der Waals surface area (Å²) in [4.78, 5) is 11.5. The molecule has 5 nitrogen and oxygen atoms in total. The van der Waals surface area contributed by atoms with E-state index in [0.717, 1.165) is 6.42 Å². The average Bonchev–Trinajstić information content (AvgIpc) is 2.45. The van der Waals surface area contributed by atoms with E-state index < -0.39 is 0 Å². The van der Waals surface area contributed by atoms with E-state index in [1.807, 2.05) is 19.1 Å². The van der Waals surface area contributed by atoms with Gasteiger partial charge in [0, 0.05) is 19.8 Å². The number of ether oxygens (including phenoxy) is 3. The molecule has 0 spiro atoms. The summed E-state index contributed by atoms with van der Waals surface area (Å²) in [5.41, 5.74) is 0. The summed E-state index contributed by atoms with van der Waals surface area (Å²) in [5.74, 6) is 1.03. The molecule has 0 aliphatic carbocycles. The van der Waals surface area contributed by atoms with Gasteiger partial charge in [-0.1, -0.05) is 12.1 Å². The van der Waals surface area contributed by atoms with E-state index in [1.165, 1.54) is 0 Å². The molecule has 0 aromatic heterocycles. The van der Waals surface area contributed by atoms with Crippen molar-refractivity contribution < 1.29 is 19.0 Å². The number of carbonyl (C=O) groups is 1. The molecular weight excluding hydrogens is 246 g/mol. The monoisotopic (exact) mass is 267 g/mol. The second-order valence-corrected chi connectivity index (χ2v) is 3.84. The molecule has 0 heterocycles. The van der Waals surface area contributed by atoms with Crippen LogP contribution in [-0.2, 0) is 9.53 Å². The van der Waals surface area contributed by atoms with Crippen molar-refractivity contribution >= 4 is 5.91 Å². The summed E-state index contributed by atoms with van der Waals surface area (Å²) in [6.07, 6.45) is 0.800. The second kappa shape index (κ2) is 9.22. The molecule has 0 aliphatic heterocycles. The molecule has 19 heavy (non-hydrogen) atoms. The molecule has 5 heteroatoms. The largest absolute Gasteiger partial charge is 0.493 e. The third-order valence-corrected chi connectivity index (χ3v) is 2.42. The van der Waals surface area contributed by atoms with Gasteiger partial charge in [-0.2, -0.15) is 0 Å². The first kappa shape index (κ1) is 15.3. The smallest absolute Gasteiger partial charge is 0.257 e. The van der Waals surface area contributed by atoms with Crippen LogP contribution in [-0.4, -0.2) is 39.4 Å². The van der Waals surface area contributed by atoms with Crippen molar-refractivity contribution in [1.82, 2.24) is 5.32 Å². The Morgan fingerprint density at radius 2 is 2.00 bits per heavy atom. The van der Waals surface area contributed by atoms with Crippen molar-refractivity contribution in [1.29, 1.82) is 0 Å².